The second kappa shape index (κ2) is 6.70. The van der Waals surface area contributed by atoms with Gasteiger partial charge in [-0.3, -0.25) is 13.8 Å². The van der Waals surface area contributed by atoms with Crippen LogP contribution in [0.3, 0.4) is 0 Å². The summed E-state index contributed by atoms with van der Waals surface area (Å²) in [6.07, 6.45) is 0.868. The van der Waals surface area contributed by atoms with E-state index in [0.29, 0.717) is 24.5 Å². The van der Waals surface area contributed by atoms with Crippen LogP contribution in [0.1, 0.15) is 12.0 Å². The monoisotopic (exact) mass is 384 g/mol. The fourth-order valence-corrected chi connectivity index (χ4v) is 4.94. The maximum Gasteiger partial charge on any atom is 0.235 e. The van der Waals surface area contributed by atoms with Crippen molar-refractivity contribution < 1.29 is 13.2 Å². The number of hydrogen-bond donors (Lipinski definition) is 1. The van der Waals surface area contributed by atoms with Gasteiger partial charge in [-0.15, -0.1) is 0 Å². The van der Waals surface area contributed by atoms with Gasteiger partial charge in [-0.1, -0.05) is 30.3 Å². The van der Waals surface area contributed by atoms with Crippen LogP contribution in [0.4, 0.5) is 11.5 Å². The molecule has 27 heavy (non-hydrogen) atoms. The molecule has 1 aliphatic rings. The normalized spacial score (nSPS) is 16.0. The van der Waals surface area contributed by atoms with Gasteiger partial charge in [-0.25, -0.2) is 8.42 Å². The average molecular weight is 384 g/mol. The second-order valence-corrected chi connectivity index (χ2v) is 8.64. The van der Waals surface area contributed by atoms with E-state index in [1.165, 1.54) is 4.31 Å². The first-order chi connectivity index (χ1) is 12.9. The predicted octanol–water partition coefficient (Wildman–Crippen LogP) is 2.29. The number of benzene rings is 2. The summed E-state index contributed by atoms with van der Waals surface area (Å²) < 4.78 is 27.5. The Hall–Kier alpha value is -2.87. The van der Waals surface area contributed by atoms with Crippen LogP contribution in [0, 0.1) is 0 Å². The van der Waals surface area contributed by atoms with Gasteiger partial charge < -0.3 is 5.32 Å². The Bertz CT molecular complexity index is 1110. The Morgan fingerprint density at radius 3 is 2.67 bits per heavy atom. The van der Waals surface area contributed by atoms with Crippen molar-refractivity contribution in [2.75, 3.05) is 21.9 Å². The molecule has 1 fully saturated rings. The lowest BCUT2D eigenvalue weighted by Gasteiger charge is -2.17. The highest BCUT2D eigenvalue weighted by Gasteiger charge is 2.29. The Balaban J connectivity index is 1.64. The summed E-state index contributed by atoms with van der Waals surface area (Å²) in [4.78, 5) is 12.4. The fourth-order valence-electron chi connectivity index (χ4n) is 3.39. The number of carbonyl (C=O) groups is 1. The highest BCUT2D eigenvalue weighted by Crippen LogP contribution is 2.31. The molecule has 0 saturated carbocycles. The van der Waals surface area contributed by atoms with Gasteiger partial charge in [0, 0.05) is 19.0 Å². The number of hydrogen-bond acceptors (Lipinski definition) is 4. The van der Waals surface area contributed by atoms with Gasteiger partial charge in [0.05, 0.1) is 23.4 Å². The van der Waals surface area contributed by atoms with Crippen molar-refractivity contribution in [1.82, 2.24) is 9.78 Å². The number of aryl methyl sites for hydroxylation is 1. The molecule has 8 heteroatoms. The van der Waals surface area contributed by atoms with Crippen LogP contribution in [0.15, 0.2) is 48.5 Å². The van der Waals surface area contributed by atoms with Gasteiger partial charge in [0.2, 0.25) is 15.9 Å². The molecule has 1 amide bonds. The Kier molecular flexibility index (Phi) is 4.35. The number of nitrogens with one attached hydrogen (secondary N) is 1. The maximum absolute atomic E-state index is 12.4. The van der Waals surface area contributed by atoms with Crippen LogP contribution in [-0.2, 0) is 28.3 Å². The smallest absolute Gasteiger partial charge is 0.235 e. The van der Waals surface area contributed by atoms with Crippen molar-refractivity contribution in [3.05, 3.63) is 54.1 Å². The number of nitrogens with zero attached hydrogens (tertiary/aromatic N) is 3. The molecular formula is C19H20N4O3S. The number of sulfonamides is 1. The molecule has 0 aliphatic carbocycles. The van der Waals surface area contributed by atoms with Crippen molar-refractivity contribution in [2.24, 2.45) is 7.05 Å². The number of carbonyl (C=O) groups excluding carboxylic acids is 1. The van der Waals surface area contributed by atoms with Crippen molar-refractivity contribution in [3.8, 4) is 0 Å². The fraction of sp³-hybridized carbons (Fsp3) is 0.263. The van der Waals surface area contributed by atoms with Crippen LogP contribution >= 0.6 is 0 Å². The van der Waals surface area contributed by atoms with Gasteiger partial charge in [-0.05, 0) is 30.2 Å². The minimum Gasteiger partial charge on any atom is -0.308 e. The highest BCUT2D eigenvalue weighted by atomic mass is 32.2. The minimum absolute atomic E-state index is 0.165. The lowest BCUT2D eigenvalue weighted by atomic mass is 10.1. The molecule has 7 nitrogen and oxygen atoms in total. The highest BCUT2D eigenvalue weighted by molar-refractivity contribution is 7.93. The number of rotatable bonds is 4. The van der Waals surface area contributed by atoms with E-state index in [1.54, 1.807) is 23.9 Å². The van der Waals surface area contributed by atoms with Gasteiger partial charge in [-0.2, -0.15) is 5.10 Å². The Morgan fingerprint density at radius 1 is 1.19 bits per heavy atom. The van der Waals surface area contributed by atoms with Crippen LogP contribution in [0.25, 0.3) is 10.9 Å². The van der Waals surface area contributed by atoms with Gasteiger partial charge in [0.25, 0.3) is 0 Å². The maximum atomic E-state index is 12.4. The number of amides is 1. The van der Waals surface area contributed by atoms with Crippen molar-refractivity contribution in [3.63, 3.8) is 0 Å². The Morgan fingerprint density at radius 2 is 1.96 bits per heavy atom. The van der Waals surface area contributed by atoms with Gasteiger partial charge in [0.15, 0.2) is 5.82 Å². The topological polar surface area (TPSA) is 84.3 Å². The summed E-state index contributed by atoms with van der Waals surface area (Å²) in [5.74, 6) is 0.436. The van der Waals surface area contributed by atoms with E-state index in [1.807, 2.05) is 36.4 Å². The molecule has 1 aromatic heterocycles. The van der Waals surface area contributed by atoms with Crippen molar-refractivity contribution in [2.45, 2.75) is 12.8 Å². The number of anilines is 2. The summed E-state index contributed by atoms with van der Waals surface area (Å²) in [6.45, 7) is 0.476. The zero-order valence-electron chi connectivity index (χ0n) is 14.9. The molecule has 3 aromatic rings. The van der Waals surface area contributed by atoms with Crippen LogP contribution in [0.2, 0.25) is 0 Å². The van der Waals surface area contributed by atoms with E-state index in [2.05, 4.69) is 10.4 Å². The quantitative estimate of drug-likeness (QED) is 0.748. The molecule has 0 spiro atoms. The van der Waals surface area contributed by atoms with Crippen molar-refractivity contribution in [1.29, 1.82) is 0 Å². The third-order valence-electron chi connectivity index (χ3n) is 4.69. The molecule has 4 rings (SSSR count). The second-order valence-electron chi connectivity index (χ2n) is 6.63. The lowest BCUT2D eigenvalue weighted by Crippen LogP contribution is -2.24. The van der Waals surface area contributed by atoms with E-state index in [0.717, 1.165) is 16.5 Å². The molecule has 1 N–H and O–H groups in total. The van der Waals surface area contributed by atoms with Gasteiger partial charge in [0.1, 0.15) is 0 Å². The molecule has 1 saturated heterocycles. The third-order valence-corrected chi connectivity index (χ3v) is 6.56. The molecule has 0 bridgehead atoms. The molecule has 140 valence electrons. The summed E-state index contributed by atoms with van der Waals surface area (Å²) in [6, 6.07) is 14.9. The first kappa shape index (κ1) is 17.5. The van der Waals surface area contributed by atoms with E-state index in [4.69, 9.17) is 0 Å². The molecule has 0 unspecified atom stereocenters. The minimum atomic E-state index is -3.26. The predicted molar refractivity (Wildman–Crippen MR) is 105 cm³/mol. The molecular weight excluding hydrogens is 364 g/mol. The van der Waals surface area contributed by atoms with E-state index < -0.39 is 10.0 Å². The SMILES string of the molecule is Cn1nc(NC(=O)Cc2ccccc2)c2cc(N3CCCS3(=O)=O)ccc21. The molecule has 0 atom stereocenters. The van der Waals surface area contributed by atoms with Crippen LogP contribution in [-0.4, -0.2) is 36.4 Å². The van der Waals surface area contributed by atoms with Gasteiger partial charge >= 0.3 is 0 Å². The van der Waals surface area contributed by atoms with Crippen molar-refractivity contribution >= 4 is 38.3 Å². The summed E-state index contributed by atoms with van der Waals surface area (Å²) in [5.41, 5.74) is 2.34. The molecule has 2 heterocycles. The van der Waals surface area contributed by atoms with Crippen LogP contribution < -0.4 is 9.62 Å². The zero-order valence-corrected chi connectivity index (χ0v) is 15.7. The zero-order chi connectivity index (χ0) is 19.0. The lowest BCUT2D eigenvalue weighted by molar-refractivity contribution is -0.115. The molecule has 1 aliphatic heterocycles. The first-order valence-corrected chi connectivity index (χ1v) is 10.4. The largest absolute Gasteiger partial charge is 0.308 e. The number of fused-ring (bicyclic) bond motifs is 1. The van der Waals surface area contributed by atoms with E-state index in [-0.39, 0.29) is 18.1 Å². The van der Waals surface area contributed by atoms with Crippen LogP contribution in [0.5, 0.6) is 0 Å². The third kappa shape index (κ3) is 3.40. The molecule has 0 radical (unpaired) electrons. The summed E-state index contributed by atoms with van der Waals surface area (Å²) >= 11 is 0. The first-order valence-electron chi connectivity index (χ1n) is 8.75. The summed E-state index contributed by atoms with van der Waals surface area (Å²) in [5, 5.41) is 7.97. The molecule has 2 aromatic carbocycles. The standard InChI is InChI=1S/C19H20N4O3S/c1-22-17-9-8-15(23-10-5-11-27(23,25)26)13-16(17)19(21-22)20-18(24)12-14-6-3-2-4-7-14/h2-4,6-9,13H,5,10-12H2,1H3,(H,20,21,24). The van der Waals surface area contributed by atoms with E-state index >= 15 is 0 Å². The van der Waals surface area contributed by atoms with E-state index in [9.17, 15) is 13.2 Å². The summed E-state index contributed by atoms with van der Waals surface area (Å²) in [7, 11) is -1.47. The average Bonchev–Trinajstić information content (AvgIpc) is 3.14. The number of aromatic nitrogens is 2. The Labute approximate surface area is 157 Å².